The summed E-state index contributed by atoms with van der Waals surface area (Å²) in [7, 11) is 0. The van der Waals surface area contributed by atoms with Crippen molar-refractivity contribution < 1.29 is 9.90 Å². The second kappa shape index (κ2) is 8.55. The fraction of sp³-hybridized carbons (Fsp3) is 0.300. The number of carbonyl (C=O) groups is 1. The molecule has 0 spiro atoms. The second-order valence-electron chi connectivity index (χ2n) is 6.09. The maximum absolute atomic E-state index is 12.1. The molecular formula is C20H23N5O2. The van der Waals surface area contributed by atoms with Gasteiger partial charge in [-0.1, -0.05) is 38.1 Å². The first-order chi connectivity index (χ1) is 13.2. The fourth-order valence-corrected chi connectivity index (χ4v) is 3.01. The number of aromatic nitrogens is 2. The molecule has 0 unspecified atom stereocenters. The number of amides is 1. The summed E-state index contributed by atoms with van der Waals surface area (Å²) >= 11 is 0. The molecule has 0 bridgehead atoms. The van der Waals surface area contributed by atoms with Gasteiger partial charge < -0.3 is 14.6 Å². The lowest BCUT2D eigenvalue weighted by molar-refractivity contribution is 0.0990. The molecule has 0 saturated carbocycles. The second-order valence-corrected chi connectivity index (χ2v) is 6.09. The Labute approximate surface area is 158 Å². The highest BCUT2D eigenvalue weighted by Gasteiger charge is 2.17. The standard InChI is InChI=1S/C20H23N5O2/c1-3-24(4-2)13-14-25-17-11-6-5-9-15(17)18(20(25)27)22-23-19(26)16-10-7-8-12-21-16/h5-12,27H,3-4,13-14H2,1-2H3. The number of aromatic hydroxyl groups is 1. The zero-order chi connectivity index (χ0) is 19.2. The number of azo groups is 1. The Morgan fingerprint density at radius 3 is 2.59 bits per heavy atom. The Balaban J connectivity index is 1.92. The van der Waals surface area contributed by atoms with Gasteiger partial charge in [0, 0.05) is 24.7 Å². The molecule has 0 aliphatic carbocycles. The highest BCUT2D eigenvalue weighted by molar-refractivity contribution is 5.96. The van der Waals surface area contributed by atoms with Crippen LogP contribution in [0, 0.1) is 0 Å². The summed E-state index contributed by atoms with van der Waals surface area (Å²) in [6.07, 6.45) is 1.53. The molecule has 2 aromatic heterocycles. The summed E-state index contributed by atoms with van der Waals surface area (Å²) in [6, 6.07) is 12.6. The number of pyridine rings is 1. The van der Waals surface area contributed by atoms with Crippen molar-refractivity contribution in [3.8, 4) is 5.88 Å². The summed E-state index contributed by atoms with van der Waals surface area (Å²) < 4.78 is 1.81. The molecule has 3 rings (SSSR count). The number of hydrogen-bond donors (Lipinski definition) is 1. The molecule has 0 radical (unpaired) electrons. The van der Waals surface area contributed by atoms with E-state index in [0.29, 0.717) is 12.2 Å². The van der Waals surface area contributed by atoms with E-state index in [4.69, 9.17) is 0 Å². The largest absolute Gasteiger partial charge is 0.493 e. The van der Waals surface area contributed by atoms with E-state index in [1.54, 1.807) is 18.2 Å². The minimum atomic E-state index is -0.546. The molecule has 2 heterocycles. The Hall–Kier alpha value is -3.06. The Kier molecular flexibility index (Phi) is 5.93. The van der Waals surface area contributed by atoms with Crippen LogP contribution in [0.3, 0.4) is 0 Å². The lowest BCUT2D eigenvalue weighted by atomic mass is 10.2. The van der Waals surface area contributed by atoms with E-state index < -0.39 is 5.91 Å². The normalized spacial score (nSPS) is 11.7. The van der Waals surface area contributed by atoms with Crippen molar-refractivity contribution in [2.24, 2.45) is 10.2 Å². The molecule has 0 saturated heterocycles. The Morgan fingerprint density at radius 2 is 1.89 bits per heavy atom. The summed E-state index contributed by atoms with van der Waals surface area (Å²) in [5, 5.41) is 19.3. The third-order valence-corrected chi connectivity index (χ3v) is 4.58. The first-order valence-corrected chi connectivity index (χ1v) is 9.05. The van der Waals surface area contributed by atoms with E-state index in [9.17, 15) is 9.90 Å². The predicted molar refractivity (Wildman–Crippen MR) is 104 cm³/mol. The lowest BCUT2D eigenvalue weighted by Crippen LogP contribution is -2.26. The van der Waals surface area contributed by atoms with Crippen LogP contribution in [0.1, 0.15) is 24.3 Å². The summed E-state index contributed by atoms with van der Waals surface area (Å²) in [5.74, 6) is -0.532. The molecule has 7 heteroatoms. The smallest absolute Gasteiger partial charge is 0.313 e. The number of benzene rings is 1. The number of fused-ring (bicyclic) bond motifs is 1. The third kappa shape index (κ3) is 4.03. The van der Waals surface area contributed by atoms with Gasteiger partial charge in [-0.05, 0) is 31.3 Å². The van der Waals surface area contributed by atoms with E-state index in [0.717, 1.165) is 30.5 Å². The van der Waals surface area contributed by atoms with Crippen LogP contribution in [-0.4, -0.2) is 45.1 Å². The topological polar surface area (TPSA) is 83.1 Å². The van der Waals surface area contributed by atoms with Crippen LogP contribution in [0.25, 0.3) is 10.9 Å². The van der Waals surface area contributed by atoms with Gasteiger partial charge in [0.15, 0.2) is 5.69 Å². The van der Waals surface area contributed by atoms with Crippen LogP contribution >= 0.6 is 0 Å². The minimum absolute atomic E-state index is 0.0147. The Morgan fingerprint density at radius 1 is 1.15 bits per heavy atom. The highest BCUT2D eigenvalue weighted by atomic mass is 16.3. The zero-order valence-electron chi connectivity index (χ0n) is 15.5. The first kappa shape index (κ1) is 18.7. The van der Waals surface area contributed by atoms with Crippen molar-refractivity contribution in [3.05, 3.63) is 54.4 Å². The van der Waals surface area contributed by atoms with Crippen molar-refractivity contribution in [1.29, 1.82) is 0 Å². The van der Waals surface area contributed by atoms with E-state index >= 15 is 0 Å². The van der Waals surface area contributed by atoms with Crippen molar-refractivity contribution in [1.82, 2.24) is 14.5 Å². The maximum atomic E-state index is 12.1. The first-order valence-electron chi connectivity index (χ1n) is 9.05. The summed E-state index contributed by atoms with van der Waals surface area (Å²) in [6.45, 7) is 7.55. The van der Waals surface area contributed by atoms with Crippen LogP contribution in [0.15, 0.2) is 58.9 Å². The van der Waals surface area contributed by atoms with Crippen molar-refractivity contribution in [2.45, 2.75) is 20.4 Å². The number of likely N-dealkylation sites (N-methyl/N-ethyl adjacent to an activating group) is 1. The van der Waals surface area contributed by atoms with Crippen molar-refractivity contribution >= 4 is 22.5 Å². The molecule has 140 valence electrons. The molecule has 0 aliphatic rings. The van der Waals surface area contributed by atoms with Crippen molar-refractivity contribution in [2.75, 3.05) is 19.6 Å². The van der Waals surface area contributed by atoms with Gasteiger partial charge in [-0.3, -0.25) is 9.78 Å². The van der Waals surface area contributed by atoms with Gasteiger partial charge in [0.2, 0.25) is 5.88 Å². The highest BCUT2D eigenvalue weighted by Crippen LogP contribution is 2.38. The number of para-hydroxylation sites is 1. The van der Waals surface area contributed by atoms with Gasteiger partial charge in [-0.2, -0.15) is 0 Å². The average Bonchev–Trinajstić information content (AvgIpc) is 2.98. The van der Waals surface area contributed by atoms with Gasteiger partial charge in [-0.25, -0.2) is 0 Å². The zero-order valence-corrected chi connectivity index (χ0v) is 15.5. The average molecular weight is 365 g/mol. The molecule has 1 amide bonds. The van der Waals surface area contributed by atoms with Crippen LogP contribution in [-0.2, 0) is 6.54 Å². The molecule has 27 heavy (non-hydrogen) atoms. The molecule has 0 atom stereocenters. The quantitative estimate of drug-likeness (QED) is 0.641. The van der Waals surface area contributed by atoms with Crippen LogP contribution in [0.4, 0.5) is 5.69 Å². The molecular weight excluding hydrogens is 342 g/mol. The van der Waals surface area contributed by atoms with Gasteiger partial charge in [0.1, 0.15) is 5.69 Å². The Bertz CT molecular complexity index is 946. The third-order valence-electron chi connectivity index (χ3n) is 4.58. The van der Waals surface area contributed by atoms with Gasteiger partial charge in [0.05, 0.1) is 5.52 Å². The number of hydrogen-bond acceptors (Lipinski definition) is 5. The summed E-state index contributed by atoms with van der Waals surface area (Å²) in [4.78, 5) is 18.4. The monoisotopic (exact) mass is 365 g/mol. The predicted octanol–water partition coefficient (Wildman–Crippen LogP) is 4.01. The molecule has 3 aromatic rings. The van der Waals surface area contributed by atoms with Gasteiger partial charge in [0.25, 0.3) is 0 Å². The van der Waals surface area contributed by atoms with E-state index in [1.807, 2.05) is 28.8 Å². The van der Waals surface area contributed by atoms with Gasteiger partial charge in [-0.15, -0.1) is 10.2 Å². The van der Waals surface area contributed by atoms with Crippen molar-refractivity contribution in [3.63, 3.8) is 0 Å². The fourth-order valence-electron chi connectivity index (χ4n) is 3.01. The van der Waals surface area contributed by atoms with Crippen LogP contribution < -0.4 is 0 Å². The van der Waals surface area contributed by atoms with E-state index in [1.165, 1.54) is 6.20 Å². The summed E-state index contributed by atoms with van der Waals surface area (Å²) in [5.41, 5.74) is 1.38. The number of rotatable bonds is 7. The molecule has 0 fully saturated rings. The molecule has 7 nitrogen and oxygen atoms in total. The minimum Gasteiger partial charge on any atom is -0.493 e. The molecule has 1 aromatic carbocycles. The van der Waals surface area contributed by atoms with Crippen LogP contribution in [0.2, 0.25) is 0 Å². The van der Waals surface area contributed by atoms with Gasteiger partial charge >= 0.3 is 5.91 Å². The molecule has 1 N–H and O–H groups in total. The van der Waals surface area contributed by atoms with Crippen LogP contribution in [0.5, 0.6) is 5.88 Å². The SMILES string of the molecule is CCN(CC)CCn1c(O)c(N=NC(=O)c2ccccn2)c2ccccc21. The molecule has 0 aliphatic heterocycles. The number of carbonyl (C=O) groups excluding carboxylic acids is 1. The number of nitrogens with zero attached hydrogens (tertiary/aromatic N) is 5. The van der Waals surface area contributed by atoms with E-state index in [-0.39, 0.29) is 11.6 Å². The lowest BCUT2D eigenvalue weighted by Gasteiger charge is -2.18. The van der Waals surface area contributed by atoms with E-state index in [2.05, 4.69) is 34.0 Å². The maximum Gasteiger partial charge on any atom is 0.313 e.